The summed E-state index contributed by atoms with van der Waals surface area (Å²) in [6.45, 7) is 2.06. The van der Waals surface area contributed by atoms with Gasteiger partial charge in [-0.25, -0.2) is 4.98 Å². The molecule has 2 N–H and O–H groups in total. The molecule has 5 rings (SSSR count). The monoisotopic (exact) mass is 604 g/mol. The van der Waals surface area contributed by atoms with Crippen molar-refractivity contribution in [3.8, 4) is 22.9 Å². The van der Waals surface area contributed by atoms with Crippen LogP contribution < -0.4 is 24.8 Å². The molecule has 0 saturated heterocycles. The van der Waals surface area contributed by atoms with Gasteiger partial charge in [-0.2, -0.15) is 0 Å². The number of nitrogens with zero attached hydrogens (tertiary/aromatic N) is 4. The number of amides is 2. The Hall–Kier alpha value is -4.62. The van der Waals surface area contributed by atoms with E-state index in [0.29, 0.717) is 38.9 Å². The summed E-state index contributed by atoms with van der Waals surface area (Å²) in [4.78, 5) is 30.4. The van der Waals surface area contributed by atoms with Crippen molar-refractivity contribution in [1.82, 2.24) is 25.1 Å². The fourth-order valence-electron chi connectivity index (χ4n) is 4.22. The standard InChI is InChI=1S/C29H28N6O5S2/c1-17-8-7-9-19(12-17)35-24(15-30-27(37)18-13-21(38-2)26(40-4)22(14-18)39-3)33-34-29(35)41-16-25(36)32-28-31-20-10-5-6-11-23(20)42-28/h5-14H,15-16H2,1-4H3,(H,30,37)(H,31,32,36). The second kappa shape index (κ2) is 12.9. The van der Waals surface area contributed by atoms with Crippen molar-refractivity contribution in [2.75, 3.05) is 32.4 Å². The SMILES string of the molecule is COc1cc(C(=O)NCc2nnc(SCC(=O)Nc3nc4ccccc4s3)n2-c2cccc(C)c2)cc(OC)c1OC. The third-order valence-corrected chi connectivity index (χ3v) is 8.05. The lowest BCUT2D eigenvalue weighted by molar-refractivity contribution is -0.113. The number of hydrogen-bond acceptors (Lipinski definition) is 10. The first-order valence-corrected chi connectivity index (χ1v) is 14.6. The number of para-hydroxylation sites is 1. The number of carbonyl (C=O) groups excluding carboxylic acids is 2. The summed E-state index contributed by atoms with van der Waals surface area (Å²) in [5.74, 6) is 1.14. The van der Waals surface area contributed by atoms with E-state index in [9.17, 15) is 9.59 Å². The van der Waals surface area contributed by atoms with Gasteiger partial charge in [0.25, 0.3) is 5.91 Å². The summed E-state index contributed by atoms with van der Waals surface area (Å²) in [5.41, 5.74) is 3.01. The number of thiazole rings is 1. The van der Waals surface area contributed by atoms with Gasteiger partial charge in [0.1, 0.15) is 0 Å². The van der Waals surface area contributed by atoms with Gasteiger partial charge in [0, 0.05) is 11.3 Å². The molecule has 2 amide bonds. The number of ether oxygens (including phenoxy) is 3. The number of benzene rings is 3. The van der Waals surface area contributed by atoms with Gasteiger partial charge in [-0.15, -0.1) is 10.2 Å². The van der Waals surface area contributed by atoms with E-state index in [0.717, 1.165) is 21.5 Å². The molecule has 0 atom stereocenters. The summed E-state index contributed by atoms with van der Waals surface area (Å²) in [6.07, 6.45) is 0. The third-order valence-electron chi connectivity index (χ3n) is 6.17. The first-order valence-electron chi connectivity index (χ1n) is 12.8. The molecule has 3 aromatic carbocycles. The summed E-state index contributed by atoms with van der Waals surface area (Å²) < 4.78 is 18.9. The van der Waals surface area contributed by atoms with Crippen LogP contribution in [-0.4, -0.2) is 58.6 Å². The molecule has 0 unspecified atom stereocenters. The zero-order valence-electron chi connectivity index (χ0n) is 23.3. The highest BCUT2D eigenvalue weighted by Crippen LogP contribution is 2.38. The lowest BCUT2D eigenvalue weighted by atomic mass is 10.1. The Bertz CT molecular complexity index is 1690. The van der Waals surface area contributed by atoms with Crippen molar-refractivity contribution in [2.45, 2.75) is 18.6 Å². The van der Waals surface area contributed by atoms with Gasteiger partial charge in [-0.05, 0) is 48.9 Å². The highest BCUT2D eigenvalue weighted by Gasteiger charge is 2.20. The van der Waals surface area contributed by atoms with E-state index in [2.05, 4.69) is 25.8 Å². The molecule has 11 nitrogen and oxygen atoms in total. The molecule has 2 heterocycles. The number of hydrogen-bond donors (Lipinski definition) is 2. The minimum absolute atomic E-state index is 0.0783. The zero-order chi connectivity index (χ0) is 29.6. The van der Waals surface area contributed by atoms with Crippen LogP contribution in [0, 0.1) is 6.92 Å². The minimum Gasteiger partial charge on any atom is -0.493 e. The number of fused-ring (bicyclic) bond motifs is 1. The topological polar surface area (TPSA) is 129 Å². The van der Waals surface area contributed by atoms with Crippen LogP contribution in [0.5, 0.6) is 17.2 Å². The lowest BCUT2D eigenvalue weighted by Crippen LogP contribution is -2.25. The molecule has 0 bridgehead atoms. The van der Waals surface area contributed by atoms with Crippen LogP contribution in [0.3, 0.4) is 0 Å². The summed E-state index contributed by atoms with van der Waals surface area (Å²) >= 11 is 2.66. The van der Waals surface area contributed by atoms with E-state index in [1.807, 2.05) is 60.0 Å². The minimum atomic E-state index is -0.363. The normalized spacial score (nSPS) is 10.9. The molecule has 13 heteroatoms. The van der Waals surface area contributed by atoms with Crippen LogP contribution in [0.4, 0.5) is 5.13 Å². The van der Waals surface area contributed by atoms with Gasteiger partial charge in [0.15, 0.2) is 27.6 Å². The van der Waals surface area contributed by atoms with Crippen molar-refractivity contribution in [2.24, 2.45) is 0 Å². The second-order valence-electron chi connectivity index (χ2n) is 8.99. The number of thioether (sulfide) groups is 1. The first-order chi connectivity index (χ1) is 20.4. The molecule has 0 aliphatic heterocycles. The number of anilines is 1. The Morgan fingerprint density at radius 3 is 2.40 bits per heavy atom. The fraction of sp³-hybridized carbons (Fsp3) is 0.207. The van der Waals surface area contributed by atoms with Crippen molar-refractivity contribution in [3.05, 3.63) is 77.6 Å². The van der Waals surface area contributed by atoms with Crippen molar-refractivity contribution < 1.29 is 23.8 Å². The maximum absolute atomic E-state index is 13.1. The molecular formula is C29H28N6O5S2. The molecule has 0 aliphatic rings. The fourth-order valence-corrected chi connectivity index (χ4v) is 5.87. The molecule has 216 valence electrons. The van der Waals surface area contributed by atoms with Gasteiger partial charge in [0.2, 0.25) is 11.7 Å². The lowest BCUT2D eigenvalue weighted by Gasteiger charge is -2.14. The van der Waals surface area contributed by atoms with Gasteiger partial charge in [0.05, 0.1) is 43.8 Å². The Kier molecular flexibility index (Phi) is 8.88. The predicted molar refractivity (Wildman–Crippen MR) is 162 cm³/mol. The van der Waals surface area contributed by atoms with Crippen molar-refractivity contribution >= 4 is 50.3 Å². The van der Waals surface area contributed by atoms with Crippen molar-refractivity contribution in [1.29, 1.82) is 0 Å². The maximum atomic E-state index is 13.1. The quantitative estimate of drug-likeness (QED) is 0.203. The zero-order valence-corrected chi connectivity index (χ0v) is 25.0. The van der Waals surface area contributed by atoms with E-state index in [4.69, 9.17) is 14.2 Å². The summed E-state index contributed by atoms with van der Waals surface area (Å²) in [5, 5.41) is 15.5. The smallest absolute Gasteiger partial charge is 0.251 e. The first kappa shape index (κ1) is 28.9. The van der Waals surface area contributed by atoms with Gasteiger partial charge in [-0.3, -0.25) is 14.2 Å². The second-order valence-corrected chi connectivity index (χ2v) is 11.0. The Balaban J connectivity index is 1.33. The molecule has 0 saturated carbocycles. The number of aryl methyl sites for hydroxylation is 1. The molecule has 0 spiro atoms. The third kappa shape index (κ3) is 6.31. The number of carbonyl (C=O) groups is 2. The molecule has 5 aromatic rings. The number of nitrogens with one attached hydrogen (secondary N) is 2. The molecule has 0 aliphatic carbocycles. The van der Waals surface area contributed by atoms with Crippen LogP contribution in [0.15, 0.2) is 65.8 Å². The molecular weight excluding hydrogens is 576 g/mol. The molecule has 0 fully saturated rings. The number of rotatable bonds is 11. The average Bonchev–Trinajstić information content (AvgIpc) is 3.61. The van der Waals surface area contributed by atoms with Crippen LogP contribution in [-0.2, 0) is 11.3 Å². The summed E-state index contributed by atoms with van der Waals surface area (Å²) in [6, 6.07) is 18.7. The number of aromatic nitrogens is 4. The highest BCUT2D eigenvalue weighted by atomic mass is 32.2. The van der Waals surface area contributed by atoms with E-state index in [1.54, 1.807) is 12.1 Å². The molecule has 42 heavy (non-hydrogen) atoms. The highest BCUT2D eigenvalue weighted by molar-refractivity contribution is 7.99. The van der Waals surface area contributed by atoms with Gasteiger partial charge in [-0.1, -0.05) is 47.4 Å². The maximum Gasteiger partial charge on any atom is 0.251 e. The summed E-state index contributed by atoms with van der Waals surface area (Å²) in [7, 11) is 4.47. The van der Waals surface area contributed by atoms with E-state index in [-0.39, 0.29) is 24.1 Å². The van der Waals surface area contributed by atoms with Gasteiger partial charge < -0.3 is 24.8 Å². The van der Waals surface area contributed by atoms with E-state index in [1.165, 1.54) is 44.4 Å². The van der Waals surface area contributed by atoms with Crippen LogP contribution >= 0.6 is 23.1 Å². The Morgan fingerprint density at radius 1 is 0.952 bits per heavy atom. The van der Waals surface area contributed by atoms with E-state index >= 15 is 0 Å². The van der Waals surface area contributed by atoms with E-state index < -0.39 is 0 Å². The van der Waals surface area contributed by atoms with Crippen LogP contribution in [0.25, 0.3) is 15.9 Å². The average molecular weight is 605 g/mol. The van der Waals surface area contributed by atoms with Crippen LogP contribution in [0.1, 0.15) is 21.7 Å². The van der Waals surface area contributed by atoms with Gasteiger partial charge >= 0.3 is 0 Å². The largest absolute Gasteiger partial charge is 0.493 e. The Morgan fingerprint density at radius 2 is 1.71 bits per heavy atom. The molecule has 0 radical (unpaired) electrons. The Labute approximate surface area is 250 Å². The molecule has 2 aromatic heterocycles. The number of methoxy groups -OCH3 is 3. The van der Waals surface area contributed by atoms with Crippen LogP contribution in [0.2, 0.25) is 0 Å². The van der Waals surface area contributed by atoms with Crippen molar-refractivity contribution in [3.63, 3.8) is 0 Å². The predicted octanol–water partition coefficient (Wildman–Crippen LogP) is 4.87.